The first-order valence-corrected chi connectivity index (χ1v) is 12.5. The zero-order chi connectivity index (χ0) is 27.1. The van der Waals surface area contributed by atoms with Crippen LogP contribution in [0.15, 0.2) is 60.7 Å². The van der Waals surface area contributed by atoms with Crippen molar-refractivity contribution in [3.63, 3.8) is 0 Å². The van der Waals surface area contributed by atoms with Crippen LogP contribution in [-0.4, -0.2) is 42.5 Å². The zero-order valence-electron chi connectivity index (χ0n) is 23.3. The first-order chi connectivity index (χ1) is 18.4. The monoisotopic (exact) mass is 510 g/mol. The molecule has 38 heavy (non-hydrogen) atoms. The SMILES string of the molecule is COc1cccc(OC)c1-c1ccc2c(c1)N(C)c1c(C)cc(-c3c(OC)cccc3OC)c(C)c1N2C. The van der Waals surface area contributed by atoms with Crippen LogP contribution >= 0.6 is 0 Å². The van der Waals surface area contributed by atoms with Crippen LogP contribution in [0.25, 0.3) is 22.3 Å². The van der Waals surface area contributed by atoms with Crippen LogP contribution in [0.1, 0.15) is 11.1 Å². The number of nitrogens with zero attached hydrogens (tertiary/aromatic N) is 2. The van der Waals surface area contributed by atoms with Crippen molar-refractivity contribution in [1.82, 2.24) is 0 Å². The maximum atomic E-state index is 5.75. The molecule has 0 atom stereocenters. The maximum absolute atomic E-state index is 5.75. The summed E-state index contributed by atoms with van der Waals surface area (Å²) in [6.07, 6.45) is 0. The van der Waals surface area contributed by atoms with E-state index in [0.29, 0.717) is 0 Å². The predicted molar refractivity (Wildman–Crippen MR) is 156 cm³/mol. The van der Waals surface area contributed by atoms with Gasteiger partial charge in [-0.25, -0.2) is 0 Å². The highest BCUT2D eigenvalue weighted by molar-refractivity contribution is 6.00. The second kappa shape index (κ2) is 9.86. The lowest BCUT2D eigenvalue weighted by molar-refractivity contribution is 0.397. The quantitative estimate of drug-likeness (QED) is 0.267. The van der Waals surface area contributed by atoms with Crippen molar-refractivity contribution in [2.24, 2.45) is 0 Å². The zero-order valence-corrected chi connectivity index (χ0v) is 23.3. The topological polar surface area (TPSA) is 43.4 Å². The van der Waals surface area contributed by atoms with Crippen molar-refractivity contribution in [2.75, 3.05) is 52.3 Å². The van der Waals surface area contributed by atoms with Gasteiger partial charge in [-0.05, 0) is 78.6 Å². The molecule has 6 heteroatoms. The van der Waals surface area contributed by atoms with E-state index in [9.17, 15) is 0 Å². The number of methoxy groups -OCH3 is 4. The highest BCUT2D eigenvalue weighted by atomic mass is 16.5. The minimum atomic E-state index is 0.777. The van der Waals surface area contributed by atoms with E-state index in [-0.39, 0.29) is 0 Å². The average molecular weight is 511 g/mol. The van der Waals surface area contributed by atoms with Gasteiger partial charge in [0, 0.05) is 14.1 Å². The summed E-state index contributed by atoms with van der Waals surface area (Å²) < 4.78 is 22.9. The van der Waals surface area contributed by atoms with Gasteiger partial charge >= 0.3 is 0 Å². The summed E-state index contributed by atoms with van der Waals surface area (Å²) in [7, 11) is 11.0. The number of hydrogen-bond donors (Lipinski definition) is 0. The van der Waals surface area contributed by atoms with Gasteiger partial charge in [-0.1, -0.05) is 18.2 Å². The normalized spacial score (nSPS) is 12.1. The number of rotatable bonds is 6. The number of fused-ring (bicyclic) bond motifs is 2. The Morgan fingerprint density at radius 3 is 1.58 bits per heavy atom. The highest BCUT2D eigenvalue weighted by Gasteiger charge is 2.30. The molecule has 1 aliphatic heterocycles. The third-order valence-electron chi connectivity index (χ3n) is 7.50. The van der Waals surface area contributed by atoms with Gasteiger partial charge in [0.15, 0.2) is 0 Å². The Kier molecular flexibility index (Phi) is 6.57. The summed E-state index contributed by atoms with van der Waals surface area (Å²) in [5.41, 5.74) is 10.9. The molecule has 196 valence electrons. The lowest BCUT2D eigenvalue weighted by Crippen LogP contribution is -2.26. The fourth-order valence-electron chi connectivity index (χ4n) is 5.70. The third kappa shape index (κ3) is 3.79. The van der Waals surface area contributed by atoms with E-state index in [0.717, 1.165) is 73.4 Å². The van der Waals surface area contributed by atoms with E-state index in [2.05, 4.69) is 62.0 Å². The van der Waals surface area contributed by atoms with Crippen molar-refractivity contribution < 1.29 is 18.9 Å². The number of benzene rings is 4. The second-order valence-electron chi connectivity index (χ2n) is 9.46. The summed E-state index contributed by atoms with van der Waals surface area (Å²) in [5, 5.41) is 0. The molecule has 0 bridgehead atoms. The van der Waals surface area contributed by atoms with Crippen molar-refractivity contribution in [1.29, 1.82) is 0 Å². The summed E-state index contributed by atoms with van der Waals surface area (Å²) in [6, 6.07) is 20.5. The van der Waals surface area contributed by atoms with Crippen LogP contribution in [0.2, 0.25) is 0 Å². The molecule has 0 spiro atoms. The maximum Gasteiger partial charge on any atom is 0.130 e. The van der Waals surface area contributed by atoms with E-state index in [4.69, 9.17) is 18.9 Å². The summed E-state index contributed by atoms with van der Waals surface area (Å²) in [4.78, 5) is 4.56. The molecule has 0 saturated heterocycles. The minimum Gasteiger partial charge on any atom is -0.496 e. The Balaban J connectivity index is 1.70. The smallest absolute Gasteiger partial charge is 0.130 e. The van der Waals surface area contributed by atoms with Crippen LogP contribution in [0.4, 0.5) is 22.7 Å². The van der Waals surface area contributed by atoms with Gasteiger partial charge < -0.3 is 28.7 Å². The molecule has 0 aromatic heterocycles. The van der Waals surface area contributed by atoms with Gasteiger partial charge in [0.1, 0.15) is 23.0 Å². The number of anilines is 4. The van der Waals surface area contributed by atoms with Gasteiger partial charge in [0.25, 0.3) is 0 Å². The van der Waals surface area contributed by atoms with Gasteiger partial charge in [-0.2, -0.15) is 0 Å². The molecule has 0 fully saturated rings. The van der Waals surface area contributed by atoms with Crippen molar-refractivity contribution in [3.05, 3.63) is 71.8 Å². The fourth-order valence-corrected chi connectivity index (χ4v) is 5.70. The van der Waals surface area contributed by atoms with Crippen LogP contribution in [0, 0.1) is 13.8 Å². The molecular weight excluding hydrogens is 476 g/mol. The van der Waals surface area contributed by atoms with Crippen molar-refractivity contribution in [3.8, 4) is 45.3 Å². The van der Waals surface area contributed by atoms with Crippen LogP contribution < -0.4 is 28.7 Å². The van der Waals surface area contributed by atoms with Gasteiger partial charge in [0.2, 0.25) is 0 Å². The highest BCUT2D eigenvalue weighted by Crippen LogP contribution is 2.54. The molecule has 0 aliphatic carbocycles. The first kappa shape index (κ1) is 25.3. The number of aryl methyl sites for hydroxylation is 1. The van der Waals surface area contributed by atoms with Crippen molar-refractivity contribution >= 4 is 22.7 Å². The standard InChI is InChI=1S/C32H34N2O4/c1-19-17-22(30-27(37-7)13-10-14-28(30)38-8)20(2)32-31(19)34(4)24-18-21(15-16-23(24)33(32)3)29-25(35-5)11-9-12-26(29)36-6/h9-18H,1-8H3. The van der Waals surface area contributed by atoms with Crippen LogP contribution in [0.5, 0.6) is 23.0 Å². The Hall–Kier alpha value is -4.32. The van der Waals surface area contributed by atoms with Crippen LogP contribution in [0.3, 0.4) is 0 Å². The summed E-state index contributed by atoms with van der Waals surface area (Å²) in [5.74, 6) is 3.13. The lowest BCUT2D eigenvalue weighted by Gasteiger charge is -2.39. The Morgan fingerprint density at radius 2 is 1.05 bits per heavy atom. The molecule has 6 nitrogen and oxygen atoms in total. The van der Waals surface area contributed by atoms with Crippen LogP contribution in [-0.2, 0) is 0 Å². The van der Waals surface area contributed by atoms with Gasteiger partial charge in [-0.15, -0.1) is 0 Å². The van der Waals surface area contributed by atoms with Gasteiger partial charge in [0.05, 0.1) is 62.3 Å². The summed E-state index contributed by atoms with van der Waals surface area (Å²) >= 11 is 0. The minimum absolute atomic E-state index is 0.777. The Morgan fingerprint density at radius 1 is 0.553 bits per heavy atom. The first-order valence-electron chi connectivity index (χ1n) is 12.5. The lowest BCUT2D eigenvalue weighted by atomic mass is 9.91. The Labute approximate surface area is 224 Å². The molecule has 4 aromatic rings. The second-order valence-corrected chi connectivity index (χ2v) is 9.46. The molecule has 0 radical (unpaired) electrons. The van der Waals surface area contributed by atoms with Gasteiger partial charge in [-0.3, -0.25) is 0 Å². The molecule has 1 aliphatic rings. The largest absolute Gasteiger partial charge is 0.496 e. The molecule has 0 saturated carbocycles. The molecule has 1 heterocycles. The summed E-state index contributed by atoms with van der Waals surface area (Å²) in [6.45, 7) is 4.33. The third-order valence-corrected chi connectivity index (χ3v) is 7.50. The predicted octanol–water partition coefficient (Wildman–Crippen LogP) is 7.52. The van der Waals surface area contributed by atoms with E-state index < -0.39 is 0 Å². The van der Waals surface area contributed by atoms with E-state index in [1.807, 2.05) is 36.4 Å². The number of hydrogen-bond acceptors (Lipinski definition) is 6. The molecule has 0 unspecified atom stereocenters. The van der Waals surface area contributed by atoms with E-state index in [1.54, 1.807) is 28.4 Å². The Bertz CT molecular complexity index is 1480. The van der Waals surface area contributed by atoms with E-state index in [1.165, 1.54) is 5.69 Å². The molecule has 5 rings (SSSR count). The van der Waals surface area contributed by atoms with Crippen molar-refractivity contribution in [2.45, 2.75) is 13.8 Å². The number of ether oxygens (including phenoxy) is 4. The molecule has 0 N–H and O–H groups in total. The van der Waals surface area contributed by atoms with E-state index >= 15 is 0 Å². The average Bonchev–Trinajstić information content (AvgIpc) is 2.95. The molecule has 0 amide bonds. The molecule has 4 aromatic carbocycles. The fraction of sp³-hybridized carbons (Fsp3) is 0.250. The molecular formula is C32H34N2O4.